The molecule has 5 nitrogen and oxygen atoms in total. The minimum absolute atomic E-state index is 0.0334. The Labute approximate surface area is 200 Å². The Morgan fingerprint density at radius 2 is 1.78 bits per heavy atom. The van der Waals surface area contributed by atoms with Gasteiger partial charge in [0.1, 0.15) is 5.76 Å². The second-order valence-corrected chi connectivity index (χ2v) is 10.3. The molecule has 0 aliphatic rings. The second kappa shape index (κ2) is 9.46. The van der Waals surface area contributed by atoms with Crippen molar-refractivity contribution < 1.29 is 9.21 Å². The van der Waals surface area contributed by atoms with Gasteiger partial charge < -0.3 is 4.42 Å². The number of carbonyl (C=O) groups is 1. The van der Waals surface area contributed by atoms with Crippen LogP contribution in [0.3, 0.4) is 0 Å². The van der Waals surface area contributed by atoms with Crippen LogP contribution in [0.1, 0.15) is 42.5 Å². The van der Waals surface area contributed by atoms with Crippen LogP contribution in [0.5, 0.6) is 0 Å². The molecule has 0 atom stereocenters. The van der Waals surface area contributed by atoms with Crippen LogP contribution >= 0.6 is 27.7 Å². The number of aromatic nitrogens is 3. The summed E-state index contributed by atoms with van der Waals surface area (Å²) in [7, 11) is 0. The molecule has 0 saturated heterocycles. The fraction of sp³-hybridized carbons (Fsp3) is 0.240. The van der Waals surface area contributed by atoms with Gasteiger partial charge in [-0.1, -0.05) is 90.9 Å². The summed E-state index contributed by atoms with van der Waals surface area (Å²) in [4.78, 5) is 12.7. The molecule has 164 valence electrons. The largest absolute Gasteiger partial charge is 0.467 e. The first-order valence-corrected chi connectivity index (χ1v) is 12.1. The number of hydrogen-bond donors (Lipinski definition) is 0. The number of hydrogen-bond acceptors (Lipinski definition) is 5. The Bertz CT molecular complexity index is 1210. The summed E-state index contributed by atoms with van der Waals surface area (Å²) in [5.41, 5.74) is 2.97. The maximum absolute atomic E-state index is 12.7. The number of nitrogens with zero attached hydrogens (tertiary/aromatic N) is 3. The van der Waals surface area contributed by atoms with Gasteiger partial charge in [0, 0.05) is 15.6 Å². The van der Waals surface area contributed by atoms with Crippen LogP contribution in [-0.2, 0) is 12.0 Å². The summed E-state index contributed by atoms with van der Waals surface area (Å²) < 4.78 is 8.37. The molecule has 4 aromatic rings. The summed E-state index contributed by atoms with van der Waals surface area (Å²) in [6.07, 6.45) is 1.65. The van der Waals surface area contributed by atoms with Gasteiger partial charge in [-0.05, 0) is 29.2 Å². The Hall–Kier alpha value is -2.64. The van der Waals surface area contributed by atoms with E-state index in [-0.39, 0.29) is 17.0 Å². The molecule has 2 aromatic carbocycles. The van der Waals surface area contributed by atoms with Crippen molar-refractivity contribution in [2.24, 2.45) is 0 Å². The van der Waals surface area contributed by atoms with Crippen molar-refractivity contribution in [3.63, 3.8) is 0 Å². The zero-order valence-corrected chi connectivity index (χ0v) is 20.6. The van der Waals surface area contributed by atoms with Gasteiger partial charge in [-0.2, -0.15) is 0 Å². The van der Waals surface area contributed by atoms with Gasteiger partial charge >= 0.3 is 0 Å². The molecule has 2 aromatic heterocycles. The number of Topliss-reactive ketones (excluding diaryl/α,β-unsaturated/α-hetero) is 1. The van der Waals surface area contributed by atoms with E-state index in [0.29, 0.717) is 17.3 Å². The fourth-order valence-corrected chi connectivity index (χ4v) is 4.65. The van der Waals surface area contributed by atoms with Crippen molar-refractivity contribution in [1.82, 2.24) is 14.8 Å². The van der Waals surface area contributed by atoms with Gasteiger partial charge in [-0.15, -0.1) is 10.2 Å². The fourth-order valence-electron chi connectivity index (χ4n) is 3.32. The van der Waals surface area contributed by atoms with E-state index in [1.54, 1.807) is 6.26 Å². The van der Waals surface area contributed by atoms with Crippen molar-refractivity contribution in [3.05, 3.63) is 88.3 Å². The quantitative estimate of drug-likeness (QED) is 0.207. The van der Waals surface area contributed by atoms with Crippen LogP contribution < -0.4 is 0 Å². The third kappa shape index (κ3) is 5.05. The van der Waals surface area contributed by atoms with Crippen LogP contribution in [0.25, 0.3) is 11.4 Å². The standard InChI is InChI=1S/C25H24BrN3O2S/c1-25(2,3)18-12-10-17(11-13-18)23-27-28-24(29(23)15-19-7-6-14-31-19)32-16-22(30)20-8-4-5-9-21(20)26/h4-14H,15-16H2,1-3H3. The first-order chi connectivity index (χ1) is 15.3. The molecule has 0 amide bonds. The van der Waals surface area contributed by atoms with E-state index in [4.69, 9.17) is 4.42 Å². The average Bonchev–Trinajstić information content (AvgIpc) is 3.42. The van der Waals surface area contributed by atoms with E-state index in [1.807, 2.05) is 41.0 Å². The molecule has 0 aliphatic heterocycles. The molecule has 4 rings (SSSR count). The predicted molar refractivity (Wildman–Crippen MR) is 131 cm³/mol. The highest BCUT2D eigenvalue weighted by Crippen LogP contribution is 2.29. The highest BCUT2D eigenvalue weighted by molar-refractivity contribution is 9.10. The lowest BCUT2D eigenvalue weighted by molar-refractivity contribution is 0.102. The number of furan rings is 1. The van der Waals surface area contributed by atoms with E-state index in [9.17, 15) is 4.79 Å². The van der Waals surface area contributed by atoms with Gasteiger partial charge in [0.25, 0.3) is 0 Å². The number of thioether (sulfide) groups is 1. The van der Waals surface area contributed by atoms with Gasteiger partial charge in [-0.25, -0.2) is 0 Å². The lowest BCUT2D eigenvalue weighted by atomic mass is 9.87. The maximum atomic E-state index is 12.7. The minimum atomic E-state index is 0.0334. The molecule has 7 heteroatoms. The molecule has 0 spiro atoms. The molecular weight excluding hydrogens is 486 g/mol. The first-order valence-electron chi connectivity index (χ1n) is 10.3. The van der Waals surface area contributed by atoms with E-state index in [1.165, 1.54) is 17.3 Å². The number of carbonyl (C=O) groups excluding carboxylic acids is 1. The van der Waals surface area contributed by atoms with Crippen molar-refractivity contribution in [1.29, 1.82) is 0 Å². The zero-order valence-electron chi connectivity index (χ0n) is 18.2. The summed E-state index contributed by atoms with van der Waals surface area (Å²) in [5, 5.41) is 9.54. The normalized spacial score (nSPS) is 11.6. The van der Waals surface area contributed by atoms with E-state index < -0.39 is 0 Å². The summed E-state index contributed by atoms with van der Waals surface area (Å²) in [5.74, 6) is 1.85. The Balaban J connectivity index is 1.62. The van der Waals surface area contributed by atoms with Gasteiger partial charge in [0.2, 0.25) is 0 Å². The smallest absolute Gasteiger partial charge is 0.192 e. The number of halogens is 1. The molecule has 2 heterocycles. The molecular formula is C25H24BrN3O2S. The van der Waals surface area contributed by atoms with Crippen LogP contribution in [0.4, 0.5) is 0 Å². The highest BCUT2D eigenvalue weighted by atomic mass is 79.9. The topological polar surface area (TPSA) is 60.9 Å². The van der Waals surface area contributed by atoms with Crippen LogP contribution in [0, 0.1) is 0 Å². The van der Waals surface area contributed by atoms with Crippen LogP contribution in [0.2, 0.25) is 0 Å². The Kier molecular flexibility index (Phi) is 6.67. The third-order valence-electron chi connectivity index (χ3n) is 5.13. The Morgan fingerprint density at radius 3 is 2.44 bits per heavy atom. The van der Waals surface area contributed by atoms with Crippen molar-refractivity contribution >= 4 is 33.5 Å². The molecule has 0 radical (unpaired) electrons. The molecule has 32 heavy (non-hydrogen) atoms. The SMILES string of the molecule is CC(C)(C)c1ccc(-c2nnc(SCC(=O)c3ccccc3Br)n2Cc2ccco2)cc1. The first kappa shape index (κ1) is 22.6. The van der Waals surface area contributed by atoms with Crippen LogP contribution in [-0.4, -0.2) is 26.3 Å². The van der Waals surface area contributed by atoms with Crippen molar-refractivity contribution in [3.8, 4) is 11.4 Å². The zero-order chi connectivity index (χ0) is 22.7. The van der Waals surface area contributed by atoms with Crippen molar-refractivity contribution in [2.45, 2.75) is 37.9 Å². The molecule has 0 aliphatic carbocycles. The molecule has 0 saturated carbocycles. The number of ketones is 1. The lowest BCUT2D eigenvalue weighted by Gasteiger charge is -2.19. The number of benzene rings is 2. The van der Waals surface area contributed by atoms with E-state index in [0.717, 1.165) is 21.6 Å². The maximum Gasteiger partial charge on any atom is 0.192 e. The molecule has 0 unspecified atom stereocenters. The Morgan fingerprint density at radius 1 is 1.03 bits per heavy atom. The second-order valence-electron chi connectivity index (χ2n) is 8.49. The number of rotatable bonds is 7. The van der Waals surface area contributed by atoms with E-state index >= 15 is 0 Å². The summed E-state index contributed by atoms with van der Waals surface area (Å²) >= 11 is 4.84. The molecule has 0 N–H and O–H groups in total. The molecule has 0 fully saturated rings. The monoisotopic (exact) mass is 509 g/mol. The van der Waals surface area contributed by atoms with Gasteiger partial charge in [0.15, 0.2) is 16.8 Å². The lowest BCUT2D eigenvalue weighted by Crippen LogP contribution is -2.10. The predicted octanol–water partition coefficient (Wildman–Crippen LogP) is 6.62. The van der Waals surface area contributed by atoms with Gasteiger partial charge in [0.05, 0.1) is 18.6 Å². The summed E-state index contributed by atoms with van der Waals surface area (Å²) in [6.45, 7) is 7.07. The van der Waals surface area contributed by atoms with Crippen molar-refractivity contribution in [2.75, 3.05) is 5.75 Å². The minimum Gasteiger partial charge on any atom is -0.467 e. The van der Waals surface area contributed by atoms with E-state index in [2.05, 4.69) is 71.2 Å². The van der Waals surface area contributed by atoms with Crippen LogP contribution in [0.15, 0.2) is 81.0 Å². The molecule has 0 bridgehead atoms. The third-order valence-corrected chi connectivity index (χ3v) is 6.78. The summed E-state index contributed by atoms with van der Waals surface area (Å²) in [6, 6.07) is 19.6. The highest BCUT2D eigenvalue weighted by Gasteiger charge is 2.19. The average molecular weight is 510 g/mol. The van der Waals surface area contributed by atoms with Gasteiger partial charge in [-0.3, -0.25) is 9.36 Å².